The molecule has 0 unspecified atom stereocenters. The molecular formula is C4H7CsO4. The van der Waals surface area contributed by atoms with Crippen LogP contribution in [0.5, 0.6) is 0 Å². The molecule has 5 heteroatoms. The van der Waals surface area contributed by atoms with Gasteiger partial charge < -0.3 is 10.2 Å². The number of carboxylic acid groups (broad SMARTS) is 2. The molecule has 48 valence electrons. The molecule has 0 atom stereocenters. The van der Waals surface area contributed by atoms with Crippen LogP contribution >= 0.6 is 0 Å². The molecule has 0 bridgehead atoms. The van der Waals surface area contributed by atoms with Crippen molar-refractivity contribution in [1.82, 2.24) is 0 Å². The summed E-state index contributed by atoms with van der Waals surface area (Å²) in [5, 5.41) is 15.9. The average molecular weight is 252 g/mol. The molecule has 2 N–H and O–H groups in total. The van der Waals surface area contributed by atoms with Crippen molar-refractivity contribution in [2.75, 3.05) is 0 Å². The first-order valence-corrected chi connectivity index (χ1v) is 2.01. The van der Waals surface area contributed by atoms with Crippen LogP contribution < -0.4 is 0 Å². The number of hydrogen-bond donors (Lipinski definition) is 2. The van der Waals surface area contributed by atoms with Gasteiger partial charge in [0.15, 0.2) is 5.92 Å². The fraction of sp³-hybridized carbons (Fsp3) is 0.500. The zero-order chi connectivity index (χ0) is 6.73. The summed E-state index contributed by atoms with van der Waals surface area (Å²) < 4.78 is 0. The molecule has 0 fully saturated rings. The van der Waals surface area contributed by atoms with Crippen molar-refractivity contribution in [1.29, 1.82) is 0 Å². The van der Waals surface area contributed by atoms with Crippen molar-refractivity contribution in [2.24, 2.45) is 5.92 Å². The summed E-state index contributed by atoms with van der Waals surface area (Å²) in [4.78, 5) is 19.5. The molecular weight excluding hydrogens is 245 g/mol. The standard InChI is InChI=1S/C4H6O4.Cs.H/c1-2(3(5)6)4(7)8;;/h2H,1H3,(H,5,6)(H,7,8);;. The minimum absolute atomic E-state index is 0. The number of hydrogen-bond acceptors (Lipinski definition) is 2. The Kier molecular flexibility index (Phi) is 8.08. The van der Waals surface area contributed by atoms with Crippen LogP contribution in [0.15, 0.2) is 0 Å². The van der Waals surface area contributed by atoms with E-state index in [2.05, 4.69) is 0 Å². The summed E-state index contributed by atoms with van der Waals surface area (Å²) in [6.07, 6.45) is 0. The van der Waals surface area contributed by atoms with E-state index in [1.165, 1.54) is 0 Å². The summed E-state index contributed by atoms with van der Waals surface area (Å²) >= 11 is 0. The summed E-state index contributed by atoms with van der Waals surface area (Å²) in [7, 11) is 0. The van der Waals surface area contributed by atoms with Crippen molar-refractivity contribution in [3.63, 3.8) is 0 Å². The van der Waals surface area contributed by atoms with E-state index in [1.54, 1.807) is 0 Å². The Morgan fingerprint density at radius 2 is 1.44 bits per heavy atom. The van der Waals surface area contributed by atoms with E-state index < -0.39 is 17.9 Å². The molecule has 0 aromatic heterocycles. The third kappa shape index (κ3) is 5.44. The van der Waals surface area contributed by atoms with Crippen LogP contribution in [-0.2, 0) is 9.59 Å². The van der Waals surface area contributed by atoms with Gasteiger partial charge in [-0.05, 0) is 6.92 Å². The first-order valence-electron chi connectivity index (χ1n) is 2.01. The van der Waals surface area contributed by atoms with Gasteiger partial charge in [-0.1, -0.05) is 0 Å². The second-order valence-corrected chi connectivity index (χ2v) is 1.40. The molecule has 0 aromatic carbocycles. The molecule has 0 aliphatic carbocycles. The second-order valence-electron chi connectivity index (χ2n) is 1.40. The molecule has 0 amide bonds. The van der Waals surface area contributed by atoms with Gasteiger partial charge in [0, 0.05) is 0 Å². The maximum atomic E-state index is 9.76. The molecule has 0 aliphatic rings. The second kappa shape index (κ2) is 5.75. The number of rotatable bonds is 2. The van der Waals surface area contributed by atoms with E-state index in [-0.39, 0.29) is 68.9 Å². The van der Waals surface area contributed by atoms with Gasteiger partial charge in [0.2, 0.25) is 0 Å². The van der Waals surface area contributed by atoms with Gasteiger partial charge in [-0.15, -0.1) is 0 Å². The topological polar surface area (TPSA) is 74.6 Å². The van der Waals surface area contributed by atoms with E-state index in [0.717, 1.165) is 6.92 Å². The van der Waals surface area contributed by atoms with Crippen LogP contribution in [0.4, 0.5) is 0 Å². The monoisotopic (exact) mass is 252 g/mol. The Hall–Kier alpha value is 0.992. The Labute approximate surface area is 111 Å². The Morgan fingerprint density at radius 3 is 1.44 bits per heavy atom. The van der Waals surface area contributed by atoms with Gasteiger partial charge in [0.1, 0.15) is 0 Å². The van der Waals surface area contributed by atoms with Crippen molar-refractivity contribution in [2.45, 2.75) is 6.92 Å². The minimum atomic E-state index is -1.31. The molecule has 0 spiro atoms. The number of aliphatic carboxylic acids is 2. The van der Waals surface area contributed by atoms with E-state index in [1.807, 2.05) is 0 Å². The van der Waals surface area contributed by atoms with Gasteiger partial charge in [-0.3, -0.25) is 9.59 Å². The predicted molar refractivity (Wildman–Crippen MR) is 31.6 cm³/mol. The Morgan fingerprint density at radius 1 is 1.22 bits per heavy atom. The summed E-state index contributed by atoms with van der Waals surface area (Å²) in [6, 6.07) is 0. The molecule has 0 aliphatic heterocycles. The molecule has 0 saturated carbocycles. The number of carbonyl (C=O) groups is 2. The van der Waals surface area contributed by atoms with Crippen LogP contribution in [0.3, 0.4) is 0 Å². The first-order chi connectivity index (χ1) is 3.55. The fourth-order valence-electron chi connectivity index (χ4n) is 0.106. The molecule has 4 nitrogen and oxygen atoms in total. The Bertz CT molecular complexity index is 108. The van der Waals surface area contributed by atoms with Crippen LogP contribution in [0.25, 0.3) is 0 Å². The summed E-state index contributed by atoms with van der Waals surface area (Å²) in [5.74, 6) is -3.91. The molecule has 0 saturated heterocycles. The van der Waals surface area contributed by atoms with Crippen molar-refractivity contribution >= 4 is 80.8 Å². The number of carboxylic acids is 2. The summed E-state index contributed by atoms with van der Waals surface area (Å²) in [5.41, 5.74) is 0. The van der Waals surface area contributed by atoms with E-state index in [4.69, 9.17) is 10.2 Å². The molecule has 0 rings (SSSR count). The summed E-state index contributed by atoms with van der Waals surface area (Å²) in [6.45, 7) is 1.12. The zero-order valence-corrected chi connectivity index (χ0v) is 4.29. The average Bonchev–Trinajstić information content (AvgIpc) is 1.64. The SMILES string of the molecule is CC(C(=O)O)C(=O)O.[CsH]. The van der Waals surface area contributed by atoms with Gasteiger partial charge in [-0.2, -0.15) is 0 Å². The first kappa shape index (κ1) is 12.6. The van der Waals surface area contributed by atoms with Crippen molar-refractivity contribution < 1.29 is 19.8 Å². The predicted octanol–water partition coefficient (Wildman–Crippen LogP) is -0.857. The van der Waals surface area contributed by atoms with Gasteiger partial charge in [-0.25, -0.2) is 0 Å². The van der Waals surface area contributed by atoms with Crippen LogP contribution in [0.1, 0.15) is 6.92 Å². The molecule has 0 radical (unpaired) electrons. The Balaban J connectivity index is 0. The third-order valence-corrected chi connectivity index (χ3v) is 0.741. The van der Waals surface area contributed by atoms with E-state index in [9.17, 15) is 9.59 Å². The molecule has 9 heavy (non-hydrogen) atoms. The maximum absolute atomic E-state index is 9.76. The quantitative estimate of drug-likeness (QED) is 0.627. The van der Waals surface area contributed by atoms with E-state index in [0.29, 0.717) is 0 Å². The fourth-order valence-corrected chi connectivity index (χ4v) is 0.106. The zero-order valence-electron chi connectivity index (χ0n) is 4.29. The van der Waals surface area contributed by atoms with Crippen LogP contribution in [0.2, 0.25) is 0 Å². The van der Waals surface area contributed by atoms with Crippen LogP contribution in [0, 0.1) is 5.92 Å². The van der Waals surface area contributed by atoms with Crippen LogP contribution in [-0.4, -0.2) is 91.0 Å². The van der Waals surface area contributed by atoms with Gasteiger partial charge in [0.05, 0.1) is 0 Å². The van der Waals surface area contributed by atoms with E-state index >= 15 is 0 Å². The van der Waals surface area contributed by atoms with Gasteiger partial charge >= 0.3 is 80.8 Å². The van der Waals surface area contributed by atoms with Crippen molar-refractivity contribution in [3.8, 4) is 0 Å². The third-order valence-electron chi connectivity index (χ3n) is 0.741. The van der Waals surface area contributed by atoms with Gasteiger partial charge in [0.25, 0.3) is 0 Å². The normalized spacial score (nSPS) is 8.22. The van der Waals surface area contributed by atoms with Crippen molar-refractivity contribution in [3.05, 3.63) is 0 Å². The molecule has 0 aromatic rings. The molecule has 0 heterocycles.